The van der Waals surface area contributed by atoms with Gasteiger partial charge in [-0.15, -0.1) is 0 Å². The van der Waals surface area contributed by atoms with E-state index in [0.29, 0.717) is 6.04 Å². The molecule has 3 heterocycles. The summed E-state index contributed by atoms with van der Waals surface area (Å²) in [4.78, 5) is 17.6. The van der Waals surface area contributed by atoms with Crippen LogP contribution in [0, 0.1) is 0 Å². The Labute approximate surface area is 170 Å². The fraction of sp³-hybridized carbons (Fsp3) is 0.273. The number of hydrogen-bond donors (Lipinski definition) is 2. The van der Waals surface area contributed by atoms with Crippen molar-refractivity contribution in [2.45, 2.75) is 39.9 Å². The van der Waals surface area contributed by atoms with Crippen molar-refractivity contribution in [3.05, 3.63) is 54.5 Å². The summed E-state index contributed by atoms with van der Waals surface area (Å²) in [5.41, 5.74) is 11.7. The van der Waals surface area contributed by atoms with Gasteiger partial charge in [-0.2, -0.15) is 4.98 Å². The third-order valence-electron chi connectivity index (χ3n) is 4.86. The Hall–Kier alpha value is -3.32. The first-order valence-corrected chi connectivity index (χ1v) is 9.82. The first-order chi connectivity index (χ1) is 14.1. The number of anilines is 1. The van der Waals surface area contributed by atoms with Crippen molar-refractivity contribution in [1.29, 1.82) is 0 Å². The molecule has 0 fully saturated rings. The van der Waals surface area contributed by atoms with Gasteiger partial charge in [-0.05, 0) is 24.1 Å². The molecule has 0 radical (unpaired) electrons. The number of nitrogens with zero attached hydrogens (tertiary/aromatic N) is 5. The van der Waals surface area contributed by atoms with Crippen LogP contribution in [0.4, 0.5) is 5.95 Å². The monoisotopic (exact) mass is 387 g/mol. The summed E-state index contributed by atoms with van der Waals surface area (Å²) in [5.74, 6) is 1.09. The summed E-state index contributed by atoms with van der Waals surface area (Å²) in [6, 6.07) is 11.0. The van der Waals surface area contributed by atoms with Gasteiger partial charge in [0.25, 0.3) is 0 Å². The van der Waals surface area contributed by atoms with Gasteiger partial charge < -0.3 is 15.6 Å². The zero-order valence-electron chi connectivity index (χ0n) is 16.9. The molecular formula is C22H25N7. The van der Waals surface area contributed by atoms with Crippen LogP contribution in [0.3, 0.4) is 0 Å². The average molecular weight is 387 g/mol. The van der Waals surface area contributed by atoms with Crippen molar-refractivity contribution in [1.82, 2.24) is 29.8 Å². The third-order valence-corrected chi connectivity index (χ3v) is 4.86. The quantitative estimate of drug-likeness (QED) is 0.524. The van der Waals surface area contributed by atoms with Crippen LogP contribution in [0.5, 0.6) is 0 Å². The molecule has 29 heavy (non-hydrogen) atoms. The molecule has 4 rings (SSSR count). The second kappa shape index (κ2) is 7.97. The summed E-state index contributed by atoms with van der Waals surface area (Å²) in [7, 11) is 0. The SMILES string of the molecule is CCn1c(-c2ccncc2-c2ccc(CNC(C)C)cc2)nc2cnc(N)nc21. The minimum absolute atomic E-state index is 0.249. The lowest BCUT2D eigenvalue weighted by atomic mass is 10.00. The molecule has 3 N–H and O–H groups in total. The number of aromatic nitrogens is 5. The third kappa shape index (κ3) is 3.82. The Morgan fingerprint density at radius 1 is 1.03 bits per heavy atom. The average Bonchev–Trinajstić information content (AvgIpc) is 3.10. The van der Waals surface area contributed by atoms with E-state index in [1.807, 2.05) is 12.3 Å². The topological polar surface area (TPSA) is 94.5 Å². The van der Waals surface area contributed by atoms with E-state index in [2.05, 4.69) is 69.9 Å². The Balaban J connectivity index is 1.77. The Morgan fingerprint density at radius 2 is 1.83 bits per heavy atom. The largest absolute Gasteiger partial charge is 0.368 e. The second-order valence-electron chi connectivity index (χ2n) is 7.27. The molecule has 0 saturated carbocycles. The minimum Gasteiger partial charge on any atom is -0.368 e. The van der Waals surface area contributed by atoms with Gasteiger partial charge in [-0.25, -0.2) is 9.97 Å². The van der Waals surface area contributed by atoms with Crippen LogP contribution in [0.25, 0.3) is 33.7 Å². The fourth-order valence-corrected chi connectivity index (χ4v) is 3.38. The van der Waals surface area contributed by atoms with E-state index in [1.54, 1.807) is 12.4 Å². The van der Waals surface area contributed by atoms with Crippen LogP contribution in [0.15, 0.2) is 48.9 Å². The molecule has 0 saturated heterocycles. The van der Waals surface area contributed by atoms with Gasteiger partial charge >= 0.3 is 0 Å². The molecule has 148 valence electrons. The number of benzene rings is 1. The van der Waals surface area contributed by atoms with E-state index in [9.17, 15) is 0 Å². The van der Waals surface area contributed by atoms with Crippen LogP contribution in [0.1, 0.15) is 26.3 Å². The molecule has 0 bridgehead atoms. The highest BCUT2D eigenvalue weighted by molar-refractivity contribution is 5.84. The highest BCUT2D eigenvalue weighted by Gasteiger charge is 2.17. The number of hydrogen-bond acceptors (Lipinski definition) is 6. The standard InChI is InChI=1S/C22H25N7/c1-4-29-20(27-19-13-26-22(23)28-21(19)29)17-9-10-24-12-18(17)16-7-5-15(6-8-16)11-25-14(2)3/h5-10,12-14,25H,4,11H2,1-3H3,(H2,23,26,28). The molecular weight excluding hydrogens is 362 g/mol. The molecule has 7 heteroatoms. The zero-order chi connectivity index (χ0) is 20.4. The summed E-state index contributed by atoms with van der Waals surface area (Å²) in [6.07, 6.45) is 5.35. The van der Waals surface area contributed by atoms with Crippen LogP contribution < -0.4 is 11.1 Å². The van der Waals surface area contributed by atoms with Crippen molar-refractivity contribution in [3.8, 4) is 22.5 Å². The van der Waals surface area contributed by atoms with Crippen LogP contribution in [-0.4, -0.2) is 30.5 Å². The number of imidazole rings is 1. The number of pyridine rings is 1. The lowest BCUT2D eigenvalue weighted by Gasteiger charge is -2.12. The van der Waals surface area contributed by atoms with Gasteiger partial charge in [0.1, 0.15) is 11.3 Å². The van der Waals surface area contributed by atoms with Crippen molar-refractivity contribution in [3.63, 3.8) is 0 Å². The van der Waals surface area contributed by atoms with Crippen molar-refractivity contribution >= 4 is 17.1 Å². The lowest BCUT2D eigenvalue weighted by Crippen LogP contribution is -2.21. The molecule has 7 nitrogen and oxygen atoms in total. The predicted molar refractivity (Wildman–Crippen MR) is 116 cm³/mol. The molecule has 3 aromatic heterocycles. The van der Waals surface area contributed by atoms with E-state index >= 15 is 0 Å². The maximum atomic E-state index is 5.80. The number of aryl methyl sites for hydroxylation is 1. The molecule has 0 aliphatic heterocycles. The molecule has 1 aromatic carbocycles. The van der Waals surface area contributed by atoms with Gasteiger partial charge in [0.2, 0.25) is 5.95 Å². The van der Waals surface area contributed by atoms with Gasteiger partial charge in [0.15, 0.2) is 5.65 Å². The maximum Gasteiger partial charge on any atom is 0.222 e. The number of fused-ring (bicyclic) bond motifs is 1. The first-order valence-electron chi connectivity index (χ1n) is 9.82. The Bertz CT molecular complexity index is 1130. The molecule has 0 unspecified atom stereocenters. The predicted octanol–water partition coefficient (Wildman–Crippen LogP) is 3.66. The molecule has 0 aliphatic rings. The fourth-order valence-electron chi connectivity index (χ4n) is 3.38. The number of rotatable bonds is 6. The van der Waals surface area contributed by atoms with E-state index in [0.717, 1.165) is 46.8 Å². The minimum atomic E-state index is 0.249. The molecule has 0 aliphatic carbocycles. The van der Waals surface area contributed by atoms with Crippen LogP contribution >= 0.6 is 0 Å². The second-order valence-corrected chi connectivity index (χ2v) is 7.27. The number of nitrogens with one attached hydrogen (secondary N) is 1. The van der Waals surface area contributed by atoms with Crippen molar-refractivity contribution in [2.24, 2.45) is 0 Å². The van der Waals surface area contributed by atoms with E-state index in [4.69, 9.17) is 10.7 Å². The number of nitrogens with two attached hydrogens (primary N) is 1. The Morgan fingerprint density at radius 3 is 2.55 bits per heavy atom. The Kier molecular flexibility index (Phi) is 5.22. The molecule has 0 spiro atoms. The first kappa shape index (κ1) is 19.0. The number of nitrogen functional groups attached to an aromatic ring is 1. The summed E-state index contributed by atoms with van der Waals surface area (Å²) in [6.45, 7) is 7.94. The molecule has 4 aromatic rings. The smallest absolute Gasteiger partial charge is 0.222 e. The highest BCUT2D eigenvalue weighted by Crippen LogP contribution is 2.32. The molecule has 0 amide bonds. The van der Waals surface area contributed by atoms with Crippen LogP contribution in [0.2, 0.25) is 0 Å². The van der Waals surface area contributed by atoms with E-state index < -0.39 is 0 Å². The summed E-state index contributed by atoms with van der Waals surface area (Å²) >= 11 is 0. The summed E-state index contributed by atoms with van der Waals surface area (Å²) in [5, 5.41) is 3.44. The van der Waals surface area contributed by atoms with Crippen LogP contribution in [-0.2, 0) is 13.1 Å². The highest BCUT2D eigenvalue weighted by atomic mass is 15.2. The van der Waals surface area contributed by atoms with Gasteiger partial charge in [0, 0.05) is 42.7 Å². The molecule has 0 atom stereocenters. The van der Waals surface area contributed by atoms with Gasteiger partial charge in [-0.3, -0.25) is 4.98 Å². The van der Waals surface area contributed by atoms with Gasteiger partial charge in [0.05, 0.1) is 6.20 Å². The van der Waals surface area contributed by atoms with E-state index in [1.165, 1.54) is 5.56 Å². The lowest BCUT2D eigenvalue weighted by molar-refractivity contribution is 0.589. The van der Waals surface area contributed by atoms with Gasteiger partial charge in [-0.1, -0.05) is 38.1 Å². The summed E-state index contributed by atoms with van der Waals surface area (Å²) < 4.78 is 2.06. The maximum absolute atomic E-state index is 5.80. The van der Waals surface area contributed by atoms with Crippen molar-refractivity contribution < 1.29 is 0 Å². The normalized spacial score (nSPS) is 11.4. The zero-order valence-corrected chi connectivity index (χ0v) is 16.9. The van der Waals surface area contributed by atoms with E-state index in [-0.39, 0.29) is 5.95 Å². The van der Waals surface area contributed by atoms with Crippen molar-refractivity contribution in [2.75, 3.05) is 5.73 Å².